The normalized spacial score (nSPS) is 11.4. The van der Waals surface area contributed by atoms with E-state index >= 15 is 0 Å². The highest BCUT2D eigenvalue weighted by Crippen LogP contribution is 2.26. The van der Waals surface area contributed by atoms with E-state index in [9.17, 15) is 9.90 Å². The summed E-state index contributed by atoms with van der Waals surface area (Å²) in [6.07, 6.45) is 5.15. The van der Waals surface area contributed by atoms with E-state index in [4.69, 9.17) is 6.42 Å². The molecule has 0 aliphatic carbocycles. The van der Waals surface area contributed by atoms with Crippen molar-refractivity contribution in [2.24, 2.45) is 0 Å². The van der Waals surface area contributed by atoms with Crippen molar-refractivity contribution in [2.45, 2.75) is 6.92 Å². The van der Waals surface area contributed by atoms with Crippen LogP contribution in [-0.2, 0) is 4.79 Å². The number of allylic oxidation sites excluding steroid dienone is 1. The van der Waals surface area contributed by atoms with Gasteiger partial charge in [-0.1, -0.05) is 21.9 Å². The lowest BCUT2D eigenvalue weighted by Crippen LogP contribution is -2.15. The van der Waals surface area contributed by atoms with Crippen LogP contribution < -0.4 is 5.32 Å². The van der Waals surface area contributed by atoms with Crippen LogP contribution in [0.4, 0.5) is 5.69 Å². The monoisotopic (exact) mass is 357 g/mol. The van der Waals surface area contributed by atoms with E-state index in [1.54, 1.807) is 12.1 Å². The van der Waals surface area contributed by atoms with E-state index in [1.165, 1.54) is 6.92 Å². The van der Waals surface area contributed by atoms with Gasteiger partial charge in [0.25, 0.3) is 5.91 Å². The maximum absolute atomic E-state index is 11.7. The predicted molar refractivity (Wildman–Crippen MR) is 74.6 cm³/mol. The standard InChI is InChI=1S/C12H9Br2NO2/c1-3-9(7(2)16)12(17)15-11-6-8(13)4-5-10(11)14/h1,4-6,16H,2H3,(H,15,17)/b9-7-. The molecule has 1 aromatic rings. The second-order valence-corrected chi connectivity index (χ2v) is 4.95. The van der Waals surface area contributed by atoms with Crippen molar-refractivity contribution in [3.8, 4) is 12.3 Å². The third-order valence-electron chi connectivity index (χ3n) is 1.91. The van der Waals surface area contributed by atoms with Crippen LogP contribution in [-0.4, -0.2) is 11.0 Å². The Morgan fingerprint density at radius 2 is 2.12 bits per heavy atom. The van der Waals surface area contributed by atoms with Crippen molar-refractivity contribution in [3.63, 3.8) is 0 Å². The number of carbonyl (C=O) groups excluding carboxylic acids is 1. The summed E-state index contributed by atoms with van der Waals surface area (Å²) in [6, 6.07) is 5.34. The van der Waals surface area contributed by atoms with Crippen molar-refractivity contribution >= 4 is 43.5 Å². The smallest absolute Gasteiger partial charge is 0.267 e. The molecule has 0 spiro atoms. The fraction of sp³-hybridized carbons (Fsp3) is 0.0833. The molecule has 0 aromatic heterocycles. The molecule has 0 heterocycles. The summed E-state index contributed by atoms with van der Waals surface area (Å²) >= 11 is 6.60. The quantitative estimate of drug-likeness (QED) is 0.482. The Morgan fingerprint density at radius 3 is 2.65 bits per heavy atom. The van der Waals surface area contributed by atoms with E-state index in [0.29, 0.717) is 5.69 Å². The average Bonchev–Trinajstić information content (AvgIpc) is 2.24. The summed E-state index contributed by atoms with van der Waals surface area (Å²) in [5.41, 5.74) is 0.482. The Labute approximate surface area is 116 Å². The van der Waals surface area contributed by atoms with Gasteiger partial charge in [-0.15, -0.1) is 6.42 Å². The largest absolute Gasteiger partial charge is 0.511 e. The van der Waals surface area contributed by atoms with Crippen LogP contribution in [0.25, 0.3) is 0 Å². The van der Waals surface area contributed by atoms with Crippen LogP contribution in [0.2, 0.25) is 0 Å². The van der Waals surface area contributed by atoms with Gasteiger partial charge < -0.3 is 10.4 Å². The number of hydrogen-bond donors (Lipinski definition) is 2. The highest BCUT2D eigenvalue weighted by atomic mass is 79.9. The molecule has 0 aliphatic rings. The zero-order chi connectivity index (χ0) is 13.0. The zero-order valence-electron chi connectivity index (χ0n) is 8.92. The predicted octanol–water partition coefficient (Wildman–Crippen LogP) is 3.62. The minimum atomic E-state index is -0.522. The maximum atomic E-state index is 11.7. The number of halogens is 2. The van der Waals surface area contributed by atoms with Gasteiger partial charge in [0, 0.05) is 8.95 Å². The molecule has 5 heteroatoms. The van der Waals surface area contributed by atoms with Gasteiger partial charge >= 0.3 is 0 Å². The fourth-order valence-corrected chi connectivity index (χ4v) is 1.82. The van der Waals surface area contributed by atoms with Crippen LogP contribution in [0.15, 0.2) is 38.5 Å². The van der Waals surface area contributed by atoms with E-state index in [0.717, 1.165) is 8.95 Å². The molecule has 0 saturated heterocycles. The number of hydrogen-bond acceptors (Lipinski definition) is 2. The lowest BCUT2D eigenvalue weighted by Gasteiger charge is -2.08. The van der Waals surface area contributed by atoms with Gasteiger partial charge in [-0.25, -0.2) is 0 Å². The lowest BCUT2D eigenvalue weighted by atomic mass is 10.2. The number of carbonyl (C=O) groups is 1. The highest BCUT2D eigenvalue weighted by Gasteiger charge is 2.12. The summed E-state index contributed by atoms with van der Waals surface area (Å²) in [6.45, 7) is 1.37. The average molecular weight is 359 g/mol. The molecule has 88 valence electrons. The first-order chi connectivity index (χ1) is 7.95. The minimum Gasteiger partial charge on any atom is -0.511 e. The first-order valence-electron chi connectivity index (χ1n) is 4.58. The number of rotatable bonds is 2. The molecule has 0 radical (unpaired) electrons. The molecule has 0 saturated carbocycles. The number of anilines is 1. The Hall–Kier alpha value is -1.25. The van der Waals surface area contributed by atoms with Crippen molar-refractivity contribution in [1.29, 1.82) is 0 Å². The maximum Gasteiger partial charge on any atom is 0.267 e. The third kappa shape index (κ3) is 3.62. The van der Waals surface area contributed by atoms with E-state index in [1.807, 2.05) is 6.07 Å². The number of terminal acetylenes is 1. The van der Waals surface area contributed by atoms with Gasteiger partial charge in [0.2, 0.25) is 0 Å². The molecule has 3 nitrogen and oxygen atoms in total. The first kappa shape index (κ1) is 13.8. The van der Waals surface area contributed by atoms with Crippen molar-refractivity contribution in [2.75, 3.05) is 5.32 Å². The molecule has 0 unspecified atom stereocenters. The van der Waals surface area contributed by atoms with Gasteiger partial charge in [0.1, 0.15) is 11.3 Å². The minimum absolute atomic E-state index is 0.0862. The summed E-state index contributed by atoms with van der Waals surface area (Å²) in [5.74, 6) is 1.44. The molecule has 0 fully saturated rings. The van der Waals surface area contributed by atoms with Gasteiger partial charge in [-0.3, -0.25) is 4.79 Å². The number of benzene rings is 1. The molecule has 1 rings (SSSR count). The number of amides is 1. The number of aliphatic hydroxyl groups excluding tert-OH is 1. The Bertz CT molecular complexity index is 526. The SMILES string of the molecule is C#C/C(C(=O)Nc1cc(Br)ccc1Br)=C(\C)O. The van der Waals surface area contributed by atoms with Gasteiger partial charge in [0.15, 0.2) is 0 Å². The molecule has 1 aromatic carbocycles. The second kappa shape index (κ2) is 5.89. The summed E-state index contributed by atoms with van der Waals surface area (Å²) in [5, 5.41) is 11.8. The second-order valence-electron chi connectivity index (χ2n) is 3.18. The summed E-state index contributed by atoms with van der Waals surface area (Å²) < 4.78 is 1.55. The molecule has 0 atom stereocenters. The van der Waals surface area contributed by atoms with Gasteiger partial charge in [-0.05, 0) is 41.1 Å². The van der Waals surface area contributed by atoms with Crippen molar-refractivity contribution < 1.29 is 9.90 Å². The molecular formula is C12H9Br2NO2. The lowest BCUT2D eigenvalue weighted by molar-refractivity contribution is -0.112. The molecular weight excluding hydrogens is 350 g/mol. The Kier molecular flexibility index (Phi) is 4.79. The van der Waals surface area contributed by atoms with Crippen LogP contribution in [0, 0.1) is 12.3 Å². The molecule has 0 aliphatic heterocycles. The fourth-order valence-electron chi connectivity index (χ4n) is 1.11. The van der Waals surface area contributed by atoms with Crippen LogP contribution in [0.5, 0.6) is 0 Å². The highest BCUT2D eigenvalue weighted by molar-refractivity contribution is 9.11. The summed E-state index contributed by atoms with van der Waals surface area (Å²) in [4.78, 5) is 11.7. The van der Waals surface area contributed by atoms with Crippen molar-refractivity contribution in [3.05, 3.63) is 38.5 Å². The topological polar surface area (TPSA) is 49.3 Å². The van der Waals surface area contributed by atoms with E-state index in [-0.39, 0.29) is 11.3 Å². The zero-order valence-corrected chi connectivity index (χ0v) is 12.1. The molecule has 1 amide bonds. The molecule has 0 bridgehead atoms. The Balaban J connectivity index is 3.01. The Morgan fingerprint density at radius 1 is 1.47 bits per heavy atom. The van der Waals surface area contributed by atoms with Crippen LogP contribution in [0.1, 0.15) is 6.92 Å². The number of nitrogens with one attached hydrogen (secondary N) is 1. The van der Waals surface area contributed by atoms with E-state index < -0.39 is 5.91 Å². The van der Waals surface area contributed by atoms with Crippen LogP contribution in [0.3, 0.4) is 0 Å². The molecule has 2 N–H and O–H groups in total. The number of aliphatic hydroxyl groups is 1. The van der Waals surface area contributed by atoms with Crippen molar-refractivity contribution in [1.82, 2.24) is 0 Å². The summed E-state index contributed by atoms with van der Waals surface area (Å²) in [7, 11) is 0. The third-order valence-corrected chi connectivity index (χ3v) is 3.09. The van der Waals surface area contributed by atoms with Gasteiger partial charge in [0.05, 0.1) is 5.69 Å². The van der Waals surface area contributed by atoms with E-state index in [2.05, 4.69) is 43.1 Å². The van der Waals surface area contributed by atoms with Gasteiger partial charge in [-0.2, -0.15) is 0 Å². The van der Waals surface area contributed by atoms with Crippen LogP contribution >= 0.6 is 31.9 Å². The molecule has 17 heavy (non-hydrogen) atoms. The first-order valence-corrected chi connectivity index (χ1v) is 6.17.